The van der Waals surface area contributed by atoms with Gasteiger partial charge in [-0.25, -0.2) is 34.5 Å². The summed E-state index contributed by atoms with van der Waals surface area (Å²) in [6.07, 6.45) is 37.6. The molecule has 6 fully saturated rings. The third-order valence-electron chi connectivity index (χ3n) is 21.3. The van der Waals surface area contributed by atoms with Crippen molar-refractivity contribution in [1.82, 2.24) is 55.2 Å². The third kappa shape index (κ3) is 36.1. The number of amides is 3. The van der Waals surface area contributed by atoms with Crippen LogP contribution in [0.2, 0.25) is 0 Å². The number of rotatable bonds is 13. The van der Waals surface area contributed by atoms with Crippen molar-refractivity contribution in [2.24, 2.45) is 0 Å². The highest BCUT2D eigenvalue weighted by molar-refractivity contribution is 9.11. The van der Waals surface area contributed by atoms with Gasteiger partial charge in [0.25, 0.3) is 0 Å². The van der Waals surface area contributed by atoms with Crippen LogP contribution in [0.4, 0.5) is 29.1 Å². The van der Waals surface area contributed by atoms with Crippen molar-refractivity contribution in [2.75, 3.05) is 80.9 Å². The second kappa shape index (κ2) is 52.3. The van der Waals surface area contributed by atoms with Gasteiger partial charge in [-0.05, 0) is 238 Å². The van der Waals surface area contributed by atoms with E-state index in [0.717, 1.165) is 187 Å². The van der Waals surface area contributed by atoms with Gasteiger partial charge in [-0.1, -0.05) is 54.5 Å². The minimum absolute atomic E-state index is 0. The third-order valence-corrected chi connectivity index (χ3v) is 23.2. The van der Waals surface area contributed by atoms with Crippen molar-refractivity contribution in [3.8, 4) is 0 Å². The average Bonchev–Trinajstić information content (AvgIpc) is 0.826. The molecule has 0 spiro atoms. The second-order valence-corrected chi connectivity index (χ2v) is 34.8. The van der Waals surface area contributed by atoms with Crippen molar-refractivity contribution in [3.05, 3.63) is 126 Å². The molecule has 5 aromatic rings. The van der Waals surface area contributed by atoms with Crippen molar-refractivity contribution in [1.29, 1.82) is 0 Å². The number of carboxylic acids is 2. The molecular formula is C84H118Br4Cl2N16O13. The number of nitrogen functional groups attached to an aromatic ring is 2. The number of nitrogens with one attached hydrogen (secondary N) is 5. The number of nitrogens with two attached hydrogens (primary N) is 2. The Morgan fingerprint density at radius 2 is 0.916 bits per heavy atom. The summed E-state index contributed by atoms with van der Waals surface area (Å²) in [6, 6.07) is 11.7. The molecule has 0 saturated carbocycles. The molecule has 0 aliphatic carbocycles. The SMILES string of the molecule is CC(C)(C)OC(=O)/C=C/c1cnc2c(c1)CN1CCCCC1CC(=O)N2.COC(=O)CC1CCCCN1.COC(=O)CC1CCCCN1Cc1cc(Br)cnc1N.Cl.Cl.Nc1ncc(Br)cc1CBr.O=C(O)/C=C/c1cnc2c(c1)CN1CCCCC1CC(=O)N2.O=C(O)CC1CCCCN1.O=C1CC2CCCCN2Cc2cc(Br)cnc2N1. The first-order valence-corrected chi connectivity index (χ1v) is 44.1. The number of likely N-dealkylation sites (tertiary alicyclic amines) is 1. The van der Waals surface area contributed by atoms with Crippen LogP contribution in [0.3, 0.4) is 0 Å². The van der Waals surface area contributed by atoms with Crippen LogP contribution in [0.25, 0.3) is 12.2 Å². The van der Waals surface area contributed by atoms with E-state index in [4.69, 9.17) is 31.2 Å². The van der Waals surface area contributed by atoms with Crippen molar-refractivity contribution in [3.63, 3.8) is 0 Å². The van der Waals surface area contributed by atoms with Crippen LogP contribution in [0.15, 0.2) is 86.9 Å². The Balaban J connectivity index is 0.000000220. The van der Waals surface area contributed by atoms with Crippen LogP contribution < -0.4 is 38.1 Å². The van der Waals surface area contributed by atoms with Gasteiger partial charge in [-0.3, -0.25) is 48.4 Å². The number of hydrogen-bond donors (Lipinski definition) is 9. The van der Waals surface area contributed by atoms with Gasteiger partial charge >= 0.3 is 29.8 Å². The molecule has 6 saturated heterocycles. The minimum Gasteiger partial charge on any atom is -0.481 e. The van der Waals surface area contributed by atoms with E-state index in [1.54, 1.807) is 37.1 Å². The molecule has 3 amide bonds. The number of esters is 3. The van der Waals surface area contributed by atoms with E-state index in [1.807, 2.05) is 45.0 Å². The second-order valence-electron chi connectivity index (χ2n) is 31.5. The highest BCUT2D eigenvalue weighted by atomic mass is 79.9. The van der Waals surface area contributed by atoms with Gasteiger partial charge in [0, 0.05) is 171 Å². The molecule has 29 nitrogen and oxygen atoms in total. The molecule has 6 unspecified atom stereocenters. The van der Waals surface area contributed by atoms with Crippen LogP contribution in [0, 0.1) is 0 Å². The zero-order valence-electron chi connectivity index (χ0n) is 68.7. The van der Waals surface area contributed by atoms with Crippen LogP contribution in [-0.2, 0) is 84.1 Å². The van der Waals surface area contributed by atoms with Crippen LogP contribution in [0.5, 0.6) is 0 Å². The summed E-state index contributed by atoms with van der Waals surface area (Å²) in [5.41, 5.74) is 17.5. The first kappa shape index (κ1) is 101. The number of halogens is 6. The predicted molar refractivity (Wildman–Crippen MR) is 481 cm³/mol. The largest absolute Gasteiger partial charge is 0.481 e. The number of carbonyl (C=O) groups is 8. The smallest absolute Gasteiger partial charge is 0.331 e. The Morgan fingerprint density at radius 1 is 0.513 bits per heavy atom. The number of hydrogen-bond acceptors (Lipinski definition) is 24. The maximum atomic E-state index is 12.2. The lowest BCUT2D eigenvalue weighted by molar-refractivity contribution is -0.148. The number of anilines is 5. The molecule has 14 heterocycles. The zero-order valence-corrected chi connectivity index (χ0v) is 76.7. The summed E-state index contributed by atoms with van der Waals surface area (Å²) in [6.45, 7) is 14.7. The number of aliphatic carboxylic acids is 2. The van der Waals surface area contributed by atoms with Gasteiger partial charge in [0.15, 0.2) is 0 Å². The molecular weight excluding hydrogens is 1830 g/mol. The van der Waals surface area contributed by atoms with Gasteiger partial charge in [0.1, 0.15) is 34.7 Å². The molecule has 9 aliphatic rings. The van der Waals surface area contributed by atoms with E-state index in [9.17, 15) is 38.4 Å². The number of fused-ring (bicyclic) bond motifs is 6. The molecule has 9 aliphatic heterocycles. The summed E-state index contributed by atoms with van der Waals surface area (Å²) in [5.74, 6) is 0.836. The van der Waals surface area contributed by atoms with Gasteiger partial charge in [-0.2, -0.15) is 0 Å². The number of pyridine rings is 5. The van der Waals surface area contributed by atoms with E-state index in [2.05, 4.69) is 146 Å². The summed E-state index contributed by atoms with van der Waals surface area (Å²) in [7, 11) is 2.87. The summed E-state index contributed by atoms with van der Waals surface area (Å²) < 4.78 is 17.5. The number of carboxylic acid groups (broad SMARTS) is 2. The standard InChI is InChI=1S/C20H27N3O3.C16H19N3O3.C14H20BrN3O2.C13H16BrN3O.C8H15NO2.C7H13NO2.C6H6Br2N2.2ClH/c1-20(2,3)26-18(25)8-7-14-10-15-13-23-9-5-4-6-16(23)11-17(24)22-19(15)21-12-14;20-14-8-13-3-1-2-6-19(13)10-12-7-11(4-5-15(21)22)9-17-16(12)18-14;1-20-13(19)7-12-4-2-3-5-18(12)9-10-6-11(15)8-17-14(10)16;14-10-5-9-8-17-4-2-1-3-11(17)6-12(18)16-13(9)15-7-10;1-11-8(10)6-7-4-2-3-5-9-7;9-7(10)5-6-3-1-2-4-8-6;7-2-4-1-5(8)3-10-6(4)9;;/h7-8,10,12,16H,4-6,9,11,13H2,1-3H3,(H,21,22,24);4-5,7,9,13H,1-3,6,8,10H2,(H,21,22)(H,17,18,20);6,8,12H,2-5,7,9H2,1H3,(H2,16,17);5,7,11H,1-4,6,8H2,(H,15,16,18);7,9H,2-6H2,1H3;6,8H,1-5H2,(H,9,10);1,3H,2H2,(H2,9,10);2*1H/b8-7+;5-4+;;;;;;;. The Kier molecular flexibility index (Phi) is 44.3. The highest BCUT2D eigenvalue weighted by Crippen LogP contribution is 2.33. The molecule has 654 valence electrons. The van der Waals surface area contributed by atoms with E-state index in [0.29, 0.717) is 85.4 Å². The van der Waals surface area contributed by atoms with Crippen LogP contribution in [-0.4, -0.2) is 198 Å². The molecule has 11 N–H and O–H groups in total. The summed E-state index contributed by atoms with van der Waals surface area (Å²) >= 11 is 13.5. The number of piperidine rings is 6. The molecule has 35 heteroatoms. The fourth-order valence-corrected chi connectivity index (χ4v) is 16.9. The molecule has 6 atom stereocenters. The number of aromatic nitrogens is 5. The topological polar surface area (TPSA) is 394 Å². The van der Waals surface area contributed by atoms with Crippen molar-refractivity contribution in [2.45, 2.75) is 248 Å². The number of nitrogens with zero attached hydrogens (tertiary/aromatic N) is 9. The molecule has 14 rings (SSSR count). The average molecular weight is 1950 g/mol. The lowest BCUT2D eigenvalue weighted by Gasteiger charge is -2.37. The number of alkyl halides is 1. The first-order valence-electron chi connectivity index (χ1n) is 40.6. The van der Waals surface area contributed by atoms with E-state index in [-0.39, 0.29) is 78.9 Å². The van der Waals surface area contributed by atoms with E-state index < -0.39 is 17.5 Å². The van der Waals surface area contributed by atoms with Gasteiger partial charge in [0.05, 0.1) is 33.5 Å². The van der Waals surface area contributed by atoms with Gasteiger partial charge in [-0.15, -0.1) is 24.8 Å². The van der Waals surface area contributed by atoms with Gasteiger partial charge in [0.2, 0.25) is 17.7 Å². The fraction of sp³-hybridized carbons (Fsp3) is 0.560. The number of ether oxygens (including phenoxy) is 3. The van der Waals surface area contributed by atoms with Crippen molar-refractivity contribution < 1.29 is 62.8 Å². The molecule has 0 aromatic carbocycles. The first-order chi connectivity index (χ1) is 56.1. The lowest BCUT2D eigenvalue weighted by atomic mass is 9.97. The molecule has 5 aromatic heterocycles. The quantitative estimate of drug-likeness (QED) is 0.0229. The van der Waals surface area contributed by atoms with Gasteiger partial charge < -0.3 is 62.5 Å². The van der Waals surface area contributed by atoms with E-state index >= 15 is 0 Å². The lowest BCUT2D eigenvalue weighted by Crippen LogP contribution is -2.42. The molecule has 119 heavy (non-hydrogen) atoms. The molecule has 0 radical (unpaired) electrons. The summed E-state index contributed by atoms with van der Waals surface area (Å²) in [4.78, 5) is 122. The van der Waals surface area contributed by atoms with E-state index in [1.165, 1.54) is 84.2 Å². The number of methoxy groups -OCH3 is 2. The Labute approximate surface area is 744 Å². The monoisotopic (exact) mass is 1940 g/mol. The van der Waals surface area contributed by atoms with Crippen LogP contribution >= 0.6 is 88.5 Å². The maximum absolute atomic E-state index is 12.2. The molecule has 0 bridgehead atoms. The number of carbonyl (C=O) groups excluding carboxylic acids is 6. The highest BCUT2D eigenvalue weighted by Gasteiger charge is 2.33. The Morgan fingerprint density at radius 3 is 1.35 bits per heavy atom. The zero-order chi connectivity index (χ0) is 84.4. The Bertz CT molecular complexity index is 4200. The van der Waals surface area contributed by atoms with Crippen molar-refractivity contribution >= 4 is 177 Å². The normalized spacial score (nSPS) is 21.1. The Hall–Kier alpha value is -7.15. The predicted octanol–water partition coefficient (Wildman–Crippen LogP) is 14.4. The van der Waals surface area contributed by atoms with Crippen LogP contribution in [0.1, 0.15) is 214 Å². The maximum Gasteiger partial charge on any atom is 0.331 e. The fourth-order valence-electron chi connectivity index (χ4n) is 15.3. The summed E-state index contributed by atoms with van der Waals surface area (Å²) in [5, 5.41) is 33.1. The minimum atomic E-state index is -0.990.